The number of nitrogens with zero attached hydrogens (tertiary/aromatic N) is 3. The van der Waals surface area contributed by atoms with Crippen LogP contribution in [0.25, 0.3) is 42.4 Å². The van der Waals surface area contributed by atoms with Crippen LogP contribution in [0.15, 0.2) is 48.0 Å². The van der Waals surface area contributed by atoms with Crippen LogP contribution in [0.3, 0.4) is 0 Å². The molecule has 2 aromatic carbocycles. The molecule has 6 nitrogen and oxygen atoms in total. The Bertz CT molecular complexity index is 1380. The monoisotopic (exact) mass is 448 g/mol. The van der Waals surface area contributed by atoms with Crippen LogP contribution >= 0.6 is 22.7 Å². The lowest BCUT2D eigenvalue weighted by Crippen LogP contribution is -2.36. The van der Waals surface area contributed by atoms with Crippen LogP contribution in [-0.2, 0) is 4.74 Å². The maximum absolute atomic E-state index is 5.60. The van der Waals surface area contributed by atoms with Crippen molar-refractivity contribution < 1.29 is 9.47 Å². The first kappa shape index (κ1) is 18.8. The Morgan fingerprint density at radius 2 is 2.00 bits per heavy atom. The van der Waals surface area contributed by atoms with E-state index in [-0.39, 0.29) is 0 Å². The number of thiazole rings is 1. The summed E-state index contributed by atoms with van der Waals surface area (Å²) in [6, 6.07) is 12.6. The second-order valence-corrected chi connectivity index (χ2v) is 9.28. The SMILES string of the molecule is COc1ccc(N2CCOCC2)c2sc(-c3ncc(-c4csc5ccccc45)[nH]3)nc12. The summed E-state index contributed by atoms with van der Waals surface area (Å²) in [5, 5.41) is 4.28. The molecule has 0 saturated carbocycles. The van der Waals surface area contributed by atoms with Crippen molar-refractivity contribution in [3.63, 3.8) is 0 Å². The summed E-state index contributed by atoms with van der Waals surface area (Å²) in [6.07, 6.45) is 1.90. The highest BCUT2D eigenvalue weighted by molar-refractivity contribution is 7.22. The molecule has 1 aliphatic rings. The average molecular weight is 449 g/mol. The van der Waals surface area contributed by atoms with Gasteiger partial charge in [-0.25, -0.2) is 9.97 Å². The second-order valence-electron chi connectivity index (χ2n) is 7.37. The van der Waals surface area contributed by atoms with Gasteiger partial charge in [0.2, 0.25) is 0 Å². The zero-order chi connectivity index (χ0) is 20.8. The number of hydrogen-bond donors (Lipinski definition) is 1. The van der Waals surface area contributed by atoms with Crippen LogP contribution in [0.4, 0.5) is 5.69 Å². The van der Waals surface area contributed by atoms with Crippen molar-refractivity contribution in [1.82, 2.24) is 15.0 Å². The molecule has 0 bridgehead atoms. The molecule has 156 valence electrons. The number of fused-ring (bicyclic) bond motifs is 2. The van der Waals surface area contributed by atoms with E-state index in [9.17, 15) is 0 Å². The molecule has 1 aliphatic heterocycles. The van der Waals surface area contributed by atoms with Gasteiger partial charge in [-0.15, -0.1) is 22.7 Å². The molecule has 6 rings (SSSR count). The van der Waals surface area contributed by atoms with E-state index >= 15 is 0 Å². The van der Waals surface area contributed by atoms with Crippen molar-refractivity contribution in [2.75, 3.05) is 38.3 Å². The fourth-order valence-electron chi connectivity index (χ4n) is 4.04. The third-order valence-electron chi connectivity index (χ3n) is 5.61. The number of benzene rings is 2. The number of hydrogen-bond acceptors (Lipinski definition) is 7. The van der Waals surface area contributed by atoms with E-state index in [0.29, 0.717) is 0 Å². The van der Waals surface area contributed by atoms with Crippen LogP contribution < -0.4 is 9.64 Å². The molecule has 5 aromatic rings. The minimum atomic E-state index is 0.745. The third-order valence-corrected chi connectivity index (χ3v) is 7.66. The highest BCUT2D eigenvalue weighted by Crippen LogP contribution is 2.41. The molecule has 1 saturated heterocycles. The van der Waals surface area contributed by atoms with Gasteiger partial charge in [0.15, 0.2) is 10.8 Å². The minimum Gasteiger partial charge on any atom is -0.494 e. The minimum absolute atomic E-state index is 0.745. The average Bonchev–Trinajstić information content (AvgIpc) is 3.56. The van der Waals surface area contributed by atoms with E-state index in [1.807, 2.05) is 12.3 Å². The maximum Gasteiger partial charge on any atom is 0.167 e. The van der Waals surface area contributed by atoms with Crippen LogP contribution in [0, 0.1) is 0 Å². The van der Waals surface area contributed by atoms with E-state index < -0.39 is 0 Å². The first-order chi connectivity index (χ1) is 15.3. The van der Waals surface area contributed by atoms with E-state index in [1.165, 1.54) is 21.3 Å². The fraction of sp³-hybridized carbons (Fsp3) is 0.217. The summed E-state index contributed by atoms with van der Waals surface area (Å²) < 4.78 is 13.5. The lowest BCUT2D eigenvalue weighted by molar-refractivity contribution is 0.123. The first-order valence-electron chi connectivity index (χ1n) is 10.1. The quantitative estimate of drug-likeness (QED) is 0.398. The number of ether oxygens (including phenoxy) is 2. The zero-order valence-corrected chi connectivity index (χ0v) is 18.6. The molecule has 0 amide bonds. The number of rotatable bonds is 4. The van der Waals surface area contributed by atoms with Gasteiger partial charge in [0, 0.05) is 34.1 Å². The molecular formula is C23H20N4O2S2. The first-order valence-corrected chi connectivity index (χ1v) is 11.8. The van der Waals surface area contributed by atoms with Crippen LogP contribution in [0.2, 0.25) is 0 Å². The molecule has 0 spiro atoms. The van der Waals surface area contributed by atoms with Gasteiger partial charge in [0.1, 0.15) is 11.3 Å². The Kier molecular flexibility index (Phi) is 4.63. The molecule has 1 N–H and O–H groups in total. The second kappa shape index (κ2) is 7.64. The van der Waals surface area contributed by atoms with Crippen LogP contribution in [-0.4, -0.2) is 48.4 Å². The number of imidazole rings is 1. The number of methoxy groups -OCH3 is 1. The Labute approximate surface area is 187 Å². The van der Waals surface area contributed by atoms with Crippen molar-refractivity contribution in [3.05, 3.63) is 48.0 Å². The topological polar surface area (TPSA) is 63.3 Å². The third kappa shape index (κ3) is 3.18. The summed E-state index contributed by atoms with van der Waals surface area (Å²) in [5.74, 6) is 1.56. The number of anilines is 1. The van der Waals surface area contributed by atoms with Gasteiger partial charge in [0.25, 0.3) is 0 Å². The van der Waals surface area contributed by atoms with E-state index in [0.717, 1.165) is 58.8 Å². The predicted octanol–water partition coefficient (Wildman–Crippen LogP) is 5.41. The van der Waals surface area contributed by atoms with Crippen molar-refractivity contribution in [3.8, 4) is 27.8 Å². The maximum atomic E-state index is 5.60. The van der Waals surface area contributed by atoms with Gasteiger partial charge in [-0.1, -0.05) is 18.2 Å². The van der Waals surface area contributed by atoms with Gasteiger partial charge in [-0.2, -0.15) is 0 Å². The number of thiophene rings is 1. The van der Waals surface area contributed by atoms with Crippen molar-refractivity contribution in [1.29, 1.82) is 0 Å². The molecule has 31 heavy (non-hydrogen) atoms. The summed E-state index contributed by atoms with van der Waals surface area (Å²) in [7, 11) is 1.69. The molecule has 0 radical (unpaired) electrons. The van der Waals surface area contributed by atoms with Gasteiger partial charge in [-0.3, -0.25) is 0 Å². The fourth-order valence-corrected chi connectivity index (χ4v) is 6.08. The molecule has 3 aromatic heterocycles. The number of morpholine rings is 1. The number of aromatic amines is 1. The smallest absolute Gasteiger partial charge is 0.167 e. The van der Waals surface area contributed by atoms with Crippen LogP contribution in [0.5, 0.6) is 5.75 Å². The van der Waals surface area contributed by atoms with E-state index in [4.69, 9.17) is 14.5 Å². The van der Waals surface area contributed by atoms with Gasteiger partial charge in [-0.05, 0) is 18.2 Å². The Morgan fingerprint density at radius 3 is 2.87 bits per heavy atom. The number of aromatic nitrogens is 3. The van der Waals surface area contributed by atoms with E-state index in [2.05, 4.69) is 50.6 Å². The van der Waals surface area contributed by atoms with Crippen LogP contribution in [0.1, 0.15) is 0 Å². The standard InChI is InChI=1S/C23H20N4O2S2/c1-28-18-7-6-17(27-8-10-29-11-9-27)21-20(18)26-23(31-21)22-24-12-16(25-22)15-13-30-19-5-3-2-4-14(15)19/h2-7,12-13H,8-11H2,1H3,(H,24,25). The zero-order valence-electron chi connectivity index (χ0n) is 16.9. The Hall–Kier alpha value is -2.94. The molecular weight excluding hydrogens is 428 g/mol. The molecule has 1 fully saturated rings. The largest absolute Gasteiger partial charge is 0.494 e. The number of H-pyrrole nitrogens is 1. The Balaban J connectivity index is 1.43. The van der Waals surface area contributed by atoms with Crippen molar-refractivity contribution in [2.45, 2.75) is 0 Å². The highest BCUT2D eigenvalue weighted by atomic mass is 32.1. The van der Waals surface area contributed by atoms with Gasteiger partial charge in [0.05, 0.1) is 42.6 Å². The van der Waals surface area contributed by atoms with Crippen molar-refractivity contribution in [2.24, 2.45) is 0 Å². The lowest BCUT2D eigenvalue weighted by Gasteiger charge is -2.29. The molecule has 8 heteroatoms. The normalized spacial score (nSPS) is 14.5. The summed E-state index contributed by atoms with van der Waals surface area (Å²) in [4.78, 5) is 15.4. The van der Waals surface area contributed by atoms with E-state index in [1.54, 1.807) is 29.8 Å². The summed E-state index contributed by atoms with van der Waals surface area (Å²) in [6.45, 7) is 3.25. The molecule has 0 unspecified atom stereocenters. The molecule has 4 heterocycles. The van der Waals surface area contributed by atoms with Crippen molar-refractivity contribution >= 4 is 48.7 Å². The van der Waals surface area contributed by atoms with Gasteiger partial charge >= 0.3 is 0 Å². The summed E-state index contributed by atoms with van der Waals surface area (Å²) >= 11 is 3.40. The highest BCUT2D eigenvalue weighted by Gasteiger charge is 2.21. The molecule has 0 atom stereocenters. The summed E-state index contributed by atoms with van der Waals surface area (Å²) in [5.41, 5.74) is 4.24. The Morgan fingerprint density at radius 1 is 1.13 bits per heavy atom. The molecule has 0 aliphatic carbocycles. The number of nitrogens with one attached hydrogen (secondary N) is 1. The lowest BCUT2D eigenvalue weighted by atomic mass is 10.1. The van der Waals surface area contributed by atoms with Gasteiger partial charge < -0.3 is 19.4 Å². The predicted molar refractivity (Wildman–Crippen MR) is 128 cm³/mol.